The zero-order valence-corrected chi connectivity index (χ0v) is 10.8. The Morgan fingerprint density at radius 1 is 1.35 bits per heavy atom. The van der Waals surface area contributed by atoms with Gasteiger partial charge in [-0.1, -0.05) is 23.7 Å². The van der Waals surface area contributed by atoms with Crippen LogP contribution in [0.2, 0.25) is 5.02 Å². The molecule has 17 heavy (non-hydrogen) atoms. The maximum atomic E-state index is 5.86. The lowest BCUT2D eigenvalue weighted by atomic mass is 10.1. The molecule has 3 nitrogen and oxygen atoms in total. The van der Waals surface area contributed by atoms with E-state index in [4.69, 9.17) is 11.6 Å². The van der Waals surface area contributed by atoms with Gasteiger partial charge in [-0.15, -0.1) is 0 Å². The van der Waals surface area contributed by atoms with Crippen LogP contribution in [-0.4, -0.2) is 9.55 Å². The first-order valence-corrected chi connectivity index (χ1v) is 5.98. The average molecular weight is 250 g/mol. The maximum Gasteiger partial charge on any atom is 0.0945 e. The molecule has 0 amide bonds. The second kappa shape index (κ2) is 5.34. The van der Waals surface area contributed by atoms with Crippen LogP contribution in [0.15, 0.2) is 36.8 Å². The van der Waals surface area contributed by atoms with Crippen molar-refractivity contribution in [1.82, 2.24) is 14.9 Å². The third-order valence-corrected chi connectivity index (χ3v) is 3.13. The number of halogens is 1. The second-order valence-electron chi connectivity index (χ2n) is 4.15. The molecule has 0 aliphatic carbocycles. The van der Waals surface area contributed by atoms with Gasteiger partial charge in [-0.2, -0.15) is 0 Å². The van der Waals surface area contributed by atoms with Crippen molar-refractivity contribution in [3.63, 3.8) is 0 Å². The first-order valence-electron chi connectivity index (χ1n) is 5.61. The fraction of sp³-hybridized carbons (Fsp3) is 0.308. The topological polar surface area (TPSA) is 29.9 Å². The lowest BCUT2D eigenvalue weighted by Gasteiger charge is -2.14. The van der Waals surface area contributed by atoms with E-state index in [2.05, 4.69) is 17.2 Å². The van der Waals surface area contributed by atoms with Crippen LogP contribution in [0.4, 0.5) is 0 Å². The van der Waals surface area contributed by atoms with Crippen LogP contribution < -0.4 is 5.32 Å². The monoisotopic (exact) mass is 249 g/mol. The van der Waals surface area contributed by atoms with Gasteiger partial charge in [-0.25, -0.2) is 4.98 Å². The normalized spacial score (nSPS) is 12.6. The molecule has 0 aliphatic rings. The Hall–Kier alpha value is -1.32. The van der Waals surface area contributed by atoms with E-state index in [1.807, 2.05) is 48.4 Å². The Morgan fingerprint density at radius 2 is 2.06 bits per heavy atom. The molecule has 1 atom stereocenters. The van der Waals surface area contributed by atoms with Crippen molar-refractivity contribution in [1.29, 1.82) is 0 Å². The minimum atomic E-state index is 0.294. The third kappa shape index (κ3) is 3.08. The minimum Gasteiger partial charge on any atom is -0.337 e. The highest BCUT2D eigenvalue weighted by atomic mass is 35.5. The number of hydrogen-bond acceptors (Lipinski definition) is 2. The number of aryl methyl sites for hydroxylation is 1. The molecule has 0 saturated heterocycles. The molecule has 0 radical (unpaired) electrons. The SMILES string of the molecule is C[C@H](NCc1cncn1C)c1ccc(Cl)cc1. The van der Waals surface area contributed by atoms with Gasteiger partial charge in [0.2, 0.25) is 0 Å². The molecule has 0 saturated carbocycles. The fourth-order valence-corrected chi connectivity index (χ4v) is 1.81. The van der Waals surface area contributed by atoms with Gasteiger partial charge in [0.25, 0.3) is 0 Å². The van der Waals surface area contributed by atoms with Crippen LogP contribution in [0.3, 0.4) is 0 Å². The van der Waals surface area contributed by atoms with Crippen molar-refractivity contribution in [3.8, 4) is 0 Å². The molecule has 0 unspecified atom stereocenters. The van der Waals surface area contributed by atoms with Gasteiger partial charge < -0.3 is 9.88 Å². The van der Waals surface area contributed by atoms with E-state index < -0.39 is 0 Å². The van der Waals surface area contributed by atoms with E-state index in [-0.39, 0.29) is 0 Å². The number of benzene rings is 1. The Bertz CT molecular complexity index is 476. The molecule has 1 aromatic heterocycles. The predicted octanol–water partition coefficient (Wildman–Crippen LogP) is 2.92. The van der Waals surface area contributed by atoms with Gasteiger partial charge in [0.15, 0.2) is 0 Å². The summed E-state index contributed by atoms with van der Waals surface area (Å²) >= 11 is 5.86. The predicted molar refractivity (Wildman–Crippen MR) is 69.9 cm³/mol. The van der Waals surface area contributed by atoms with Crippen LogP contribution in [0.5, 0.6) is 0 Å². The largest absolute Gasteiger partial charge is 0.337 e. The molecule has 2 aromatic rings. The number of hydrogen-bond donors (Lipinski definition) is 1. The van der Waals surface area contributed by atoms with Gasteiger partial charge in [0.1, 0.15) is 0 Å². The Balaban J connectivity index is 1.95. The average Bonchev–Trinajstić information content (AvgIpc) is 2.73. The molecule has 0 bridgehead atoms. The molecule has 1 N–H and O–H groups in total. The summed E-state index contributed by atoms with van der Waals surface area (Å²) in [4.78, 5) is 4.09. The van der Waals surface area contributed by atoms with Crippen molar-refractivity contribution in [3.05, 3.63) is 53.1 Å². The van der Waals surface area contributed by atoms with Gasteiger partial charge >= 0.3 is 0 Å². The van der Waals surface area contributed by atoms with Crippen molar-refractivity contribution in [2.24, 2.45) is 7.05 Å². The van der Waals surface area contributed by atoms with Crippen molar-refractivity contribution >= 4 is 11.6 Å². The van der Waals surface area contributed by atoms with E-state index in [0.717, 1.165) is 11.6 Å². The number of nitrogens with zero attached hydrogens (tertiary/aromatic N) is 2. The number of nitrogens with one attached hydrogen (secondary N) is 1. The first-order chi connectivity index (χ1) is 8.16. The summed E-state index contributed by atoms with van der Waals surface area (Å²) < 4.78 is 2.02. The molecule has 0 aliphatic heterocycles. The number of imidazole rings is 1. The summed E-state index contributed by atoms with van der Waals surface area (Å²) in [5.41, 5.74) is 2.40. The Morgan fingerprint density at radius 3 is 2.65 bits per heavy atom. The lowest BCUT2D eigenvalue weighted by Crippen LogP contribution is -2.19. The van der Waals surface area contributed by atoms with E-state index in [1.165, 1.54) is 11.3 Å². The molecule has 0 spiro atoms. The summed E-state index contributed by atoms with van der Waals surface area (Å²) in [6.45, 7) is 2.94. The molecule has 90 valence electrons. The van der Waals surface area contributed by atoms with Crippen LogP contribution in [0.1, 0.15) is 24.2 Å². The molecule has 4 heteroatoms. The molecular weight excluding hydrogens is 234 g/mol. The van der Waals surface area contributed by atoms with E-state index in [0.29, 0.717) is 6.04 Å². The summed E-state index contributed by atoms with van der Waals surface area (Å²) in [7, 11) is 2.00. The molecule has 1 aromatic carbocycles. The van der Waals surface area contributed by atoms with Crippen LogP contribution >= 0.6 is 11.6 Å². The highest BCUT2D eigenvalue weighted by Gasteiger charge is 2.05. The van der Waals surface area contributed by atoms with Crippen molar-refractivity contribution in [2.45, 2.75) is 19.5 Å². The summed E-state index contributed by atoms with van der Waals surface area (Å²) in [5.74, 6) is 0. The van der Waals surface area contributed by atoms with E-state index in [1.54, 1.807) is 0 Å². The zero-order valence-electron chi connectivity index (χ0n) is 10.0. The van der Waals surface area contributed by atoms with Crippen molar-refractivity contribution in [2.75, 3.05) is 0 Å². The number of rotatable bonds is 4. The third-order valence-electron chi connectivity index (χ3n) is 2.88. The highest BCUT2D eigenvalue weighted by Crippen LogP contribution is 2.16. The Labute approximate surface area is 106 Å². The fourth-order valence-electron chi connectivity index (χ4n) is 1.68. The van der Waals surface area contributed by atoms with Crippen LogP contribution in [0, 0.1) is 0 Å². The summed E-state index contributed by atoms with van der Waals surface area (Å²) in [6.07, 6.45) is 3.69. The Kier molecular flexibility index (Phi) is 3.82. The smallest absolute Gasteiger partial charge is 0.0945 e. The van der Waals surface area contributed by atoms with Gasteiger partial charge in [-0.3, -0.25) is 0 Å². The minimum absolute atomic E-state index is 0.294. The molecular formula is C13H16ClN3. The van der Waals surface area contributed by atoms with E-state index >= 15 is 0 Å². The van der Waals surface area contributed by atoms with Gasteiger partial charge in [0.05, 0.1) is 12.0 Å². The summed E-state index contributed by atoms with van der Waals surface area (Å²) in [6, 6.07) is 8.22. The zero-order chi connectivity index (χ0) is 12.3. The van der Waals surface area contributed by atoms with Crippen LogP contribution in [-0.2, 0) is 13.6 Å². The summed E-state index contributed by atoms with van der Waals surface area (Å²) in [5, 5.41) is 4.23. The van der Waals surface area contributed by atoms with Crippen LogP contribution in [0.25, 0.3) is 0 Å². The van der Waals surface area contributed by atoms with Gasteiger partial charge in [0, 0.05) is 30.9 Å². The standard InChI is InChI=1S/C13H16ClN3/c1-10(11-3-5-12(14)6-4-11)16-8-13-7-15-9-17(13)2/h3-7,9-10,16H,8H2,1-2H3/t10-/m0/s1. The quantitative estimate of drug-likeness (QED) is 0.903. The highest BCUT2D eigenvalue weighted by molar-refractivity contribution is 6.30. The molecule has 1 heterocycles. The maximum absolute atomic E-state index is 5.86. The number of aromatic nitrogens is 2. The first kappa shape index (κ1) is 12.1. The lowest BCUT2D eigenvalue weighted by molar-refractivity contribution is 0.558. The van der Waals surface area contributed by atoms with E-state index in [9.17, 15) is 0 Å². The molecule has 0 fully saturated rings. The van der Waals surface area contributed by atoms with Gasteiger partial charge in [-0.05, 0) is 24.6 Å². The molecule has 2 rings (SSSR count). The van der Waals surface area contributed by atoms with Crippen molar-refractivity contribution < 1.29 is 0 Å². The second-order valence-corrected chi connectivity index (χ2v) is 4.59.